The first-order valence-corrected chi connectivity index (χ1v) is 5.59. The van der Waals surface area contributed by atoms with Crippen molar-refractivity contribution in [2.24, 2.45) is 0 Å². The summed E-state index contributed by atoms with van der Waals surface area (Å²) in [6.45, 7) is 0. The molecule has 0 bridgehead atoms. The van der Waals surface area contributed by atoms with Gasteiger partial charge < -0.3 is 0 Å². The SMILES string of the molecule is FC(F)(F)Sc1cccc2c1CCC[CH]2. The van der Waals surface area contributed by atoms with Crippen molar-refractivity contribution in [1.82, 2.24) is 0 Å². The van der Waals surface area contributed by atoms with Gasteiger partial charge >= 0.3 is 5.51 Å². The number of thioether (sulfide) groups is 1. The van der Waals surface area contributed by atoms with Crippen LogP contribution in [0.15, 0.2) is 23.1 Å². The van der Waals surface area contributed by atoms with Crippen LogP contribution in [0.5, 0.6) is 0 Å². The number of halogens is 3. The summed E-state index contributed by atoms with van der Waals surface area (Å²) in [5, 5.41) is 0. The third kappa shape index (κ3) is 2.68. The summed E-state index contributed by atoms with van der Waals surface area (Å²) in [4.78, 5) is 0.357. The first-order valence-electron chi connectivity index (χ1n) is 4.77. The van der Waals surface area contributed by atoms with Gasteiger partial charge in [0, 0.05) is 4.90 Å². The van der Waals surface area contributed by atoms with Crippen molar-refractivity contribution in [2.45, 2.75) is 29.7 Å². The Morgan fingerprint density at radius 2 is 2.00 bits per heavy atom. The molecule has 0 N–H and O–H groups in total. The van der Waals surface area contributed by atoms with Crippen LogP contribution in [-0.2, 0) is 6.42 Å². The van der Waals surface area contributed by atoms with E-state index in [4.69, 9.17) is 0 Å². The fourth-order valence-corrected chi connectivity index (χ4v) is 2.54. The Morgan fingerprint density at radius 3 is 2.73 bits per heavy atom. The molecular formula is C11H10F3S. The van der Waals surface area contributed by atoms with Gasteiger partial charge in [0.1, 0.15) is 0 Å². The zero-order valence-corrected chi connectivity index (χ0v) is 8.79. The molecule has 1 aromatic rings. The van der Waals surface area contributed by atoms with Crippen LogP contribution in [0.1, 0.15) is 24.0 Å². The van der Waals surface area contributed by atoms with E-state index in [9.17, 15) is 13.2 Å². The molecule has 81 valence electrons. The Kier molecular flexibility index (Phi) is 2.96. The first-order chi connectivity index (χ1) is 7.06. The number of rotatable bonds is 1. The summed E-state index contributed by atoms with van der Waals surface area (Å²) in [6, 6.07) is 5.12. The maximum Gasteiger partial charge on any atom is 0.446 e. The average Bonchev–Trinajstić information content (AvgIpc) is 2.16. The third-order valence-corrected chi connectivity index (χ3v) is 3.22. The van der Waals surface area contributed by atoms with Crippen molar-refractivity contribution in [2.75, 3.05) is 0 Å². The molecule has 4 heteroatoms. The first kappa shape index (κ1) is 10.9. The zero-order chi connectivity index (χ0) is 10.9. The van der Waals surface area contributed by atoms with E-state index in [1.807, 2.05) is 12.5 Å². The van der Waals surface area contributed by atoms with Crippen molar-refractivity contribution in [3.63, 3.8) is 0 Å². The second-order valence-electron chi connectivity index (χ2n) is 3.47. The predicted molar refractivity (Wildman–Crippen MR) is 54.7 cm³/mol. The van der Waals surface area contributed by atoms with Crippen LogP contribution in [0, 0.1) is 6.42 Å². The van der Waals surface area contributed by atoms with E-state index in [-0.39, 0.29) is 11.8 Å². The Balaban J connectivity index is 2.31. The molecule has 0 spiro atoms. The number of benzene rings is 1. The lowest BCUT2D eigenvalue weighted by molar-refractivity contribution is -0.0328. The lowest BCUT2D eigenvalue weighted by atomic mass is 9.92. The molecule has 0 aliphatic heterocycles. The van der Waals surface area contributed by atoms with Gasteiger partial charge in [-0.2, -0.15) is 13.2 Å². The Labute approximate surface area is 90.9 Å². The highest BCUT2D eigenvalue weighted by molar-refractivity contribution is 8.00. The molecule has 2 rings (SSSR count). The standard InChI is InChI=1S/C11H10F3S/c12-11(13,14)15-10-7-3-5-8-4-1-2-6-9(8)10/h3-5,7H,1-2,6H2. The highest BCUT2D eigenvalue weighted by Crippen LogP contribution is 2.41. The maximum atomic E-state index is 12.3. The summed E-state index contributed by atoms with van der Waals surface area (Å²) < 4.78 is 36.8. The molecule has 1 aliphatic rings. The number of fused-ring (bicyclic) bond motifs is 1. The molecule has 0 saturated heterocycles. The summed E-state index contributed by atoms with van der Waals surface area (Å²) in [6.07, 6.45) is 4.68. The second kappa shape index (κ2) is 4.08. The smallest absolute Gasteiger partial charge is 0.160 e. The van der Waals surface area contributed by atoms with Crippen LogP contribution in [0.3, 0.4) is 0 Å². The van der Waals surface area contributed by atoms with Gasteiger partial charge in [0.2, 0.25) is 0 Å². The average molecular weight is 231 g/mol. The Morgan fingerprint density at radius 1 is 1.20 bits per heavy atom. The largest absolute Gasteiger partial charge is 0.446 e. The van der Waals surface area contributed by atoms with Gasteiger partial charge in [-0.15, -0.1) is 0 Å². The van der Waals surface area contributed by atoms with Crippen molar-refractivity contribution in [3.8, 4) is 0 Å². The van der Waals surface area contributed by atoms with Gasteiger partial charge in [0.15, 0.2) is 0 Å². The molecule has 0 saturated carbocycles. The fraction of sp³-hybridized carbons (Fsp3) is 0.364. The van der Waals surface area contributed by atoms with E-state index in [0.717, 1.165) is 30.4 Å². The van der Waals surface area contributed by atoms with Crippen LogP contribution in [-0.4, -0.2) is 5.51 Å². The molecule has 0 amide bonds. The third-order valence-electron chi connectivity index (χ3n) is 2.39. The molecule has 1 aromatic carbocycles. The van der Waals surface area contributed by atoms with Gasteiger partial charge in [-0.3, -0.25) is 0 Å². The number of hydrogen-bond acceptors (Lipinski definition) is 1. The molecule has 0 fully saturated rings. The summed E-state index contributed by atoms with van der Waals surface area (Å²) in [5.74, 6) is 0. The lowest BCUT2D eigenvalue weighted by Gasteiger charge is -2.19. The minimum atomic E-state index is -4.19. The van der Waals surface area contributed by atoms with Crippen molar-refractivity contribution in [1.29, 1.82) is 0 Å². The predicted octanol–water partition coefficient (Wildman–Crippen LogP) is 4.19. The topological polar surface area (TPSA) is 0 Å². The van der Waals surface area contributed by atoms with Crippen molar-refractivity contribution in [3.05, 3.63) is 35.7 Å². The van der Waals surface area contributed by atoms with Gasteiger partial charge in [-0.05, 0) is 54.6 Å². The van der Waals surface area contributed by atoms with Gasteiger partial charge in [0.25, 0.3) is 0 Å². The van der Waals surface area contributed by atoms with Crippen molar-refractivity contribution >= 4 is 11.8 Å². The summed E-state index contributed by atoms with van der Waals surface area (Å²) in [5.41, 5.74) is -2.37. The van der Waals surface area contributed by atoms with E-state index in [1.165, 1.54) is 0 Å². The second-order valence-corrected chi connectivity index (χ2v) is 4.57. The normalized spacial score (nSPS) is 16.2. The van der Waals surface area contributed by atoms with E-state index in [2.05, 4.69) is 0 Å². The minimum Gasteiger partial charge on any atom is -0.160 e. The number of alkyl halides is 3. The van der Waals surface area contributed by atoms with Gasteiger partial charge in [0.05, 0.1) is 0 Å². The van der Waals surface area contributed by atoms with Gasteiger partial charge in [-0.25, -0.2) is 0 Å². The highest BCUT2D eigenvalue weighted by atomic mass is 32.2. The molecular weight excluding hydrogens is 221 g/mol. The van der Waals surface area contributed by atoms with Crippen LogP contribution >= 0.6 is 11.8 Å². The quantitative estimate of drug-likeness (QED) is 0.653. The van der Waals surface area contributed by atoms with Crippen LogP contribution in [0.2, 0.25) is 0 Å². The summed E-state index contributed by atoms with van der Waals surface area (Å²) in [7, 11) is 0. The molecule has 0 unspecified atom stereocenters. The molecule has 1 aliphatic carbocycles. The monoisotopic (exact) mass is 231 g/mol. The molecule has 15 heavy (non-hydrogen) atoms. The Hall–Kier alpha value is -0.640. The fourth-order valence-electron chi connectivity index (χ4n) is 1.80. The van der Waals surface area contributed by atoms with E-state index < -0.39 is 5.51 Å². The molecule has 1 radical (unpaired) electrons. The van der Waals surface area contributed by atoms with Crippen LogP contribution in [0.25, 0.3) is 0 Å². The van der Waals surface area contributed by atoms with Crippen molar-refractivity contribution < 1.29 is 13.2 Å². The molecule has 0 nitrogen and oxygen atoms in total. The lowest BCUT2D eigenvalue weighted by Crippen LogP contribution is -2.06. The Bertz CT molecular complexity index is 357. The molecule has 0 atom stereocenters. The highest BCUT2D eigenvalue weighted by Gasteiger charge is 2.31. The van der Waals surface area contributed by atoms with E-state index in [0.29, 0.717) is 4.90 Å². The number of hydrogen-bond donors (Lipinski definition) is 0. The summed E-state index contributed by atoms with van der Waals surface area (Å²) >= 11 is -0.00463. The van der Waals surface area contributed by atoms with Crippen LogP contribution in [0.4, 0.5) is 13.2 Å². The van der Waals surface area contributed by atoms with E-state index >= 15 is 0 Å². The van der Waals surface area contributed by atoms with Crippen LogP contribution < -0.4 is 0 Å². The minimum absolute atomic E-state index is 0.00463. The molecule has 0 heterocycles. The van der Waals surface area contributed by atoms with E-state index in [1.54, 1.807) is 12.1 Å². The van der Waals surface area contributed by atoms with Gasteiger partial charge in [-0.1, -0.05) is 12.1 Å². The zero-order valence-electron chi connectivity index (χ0n) is 7.97. The maximum absolute atomic E-state index is 12.3. The molecule has 0 aromatic heterocycles.